The number of H-pyrrole nitrogens is 1. The Kier molecular flexibility index (Phi) is 6.06. The topological polar surface area (TPSA) is 108 Å². The van der Waals surface area contributed by atoms with Gasteiger partial charge in [-0.1, -0.05) is 13.8 Å². The summed E-state index contributed by atoms with van der Waals surface area (Å²) < 4.78 is 18.4. The molecule has 0 aliphatic heterocycles. The van der Waals surface area contributed by atoms with Crippen molar-refractivity contribution in [2.75, 3.05) is 11.9 Å². The van der Waals surface area contributed by atoms with Crippen LogP contribution in [0.25, 0.3) is 11.3 Å². The standard InChI is InChI=1S/C20H23FN6O2/c1-11(2)10-22-20(25-19(28)18-12(3)29-13(4)23-18)24-17-9-16(26-27-17)14-5-7-15(21)8-6-14/h5-9,11H,10H2,1-4H3,(H3,22,24,25,26,27,28). The highest BCUT2D eigenvalue weighted by atomic mass is 19.1. The molecule has 0 aliphatic rings. The first-order chi connectivity index (χ1) is 13.8. The molecule has 3 N–H and O–H groups in total. The number of rotatable bonds is 5. The molecule has 1 aromatic carbocycles. The lowest BCUT2D eigenvalue weighted by Crippen LogP contribution is -2.37. The molecule has 0 aliphatic carbocycles. The average Bonchev–Trinajstić information content (AvgIpc) is 3.26. The van der Waals surface area contributed by atoms with Crippen molar-refractivity contribution >= 4 is 17.7 Å². The van der Waals surface area contributed by atoms with E-state index in [9.17, 15) is 9.18 Å². The van der Waals surface area contributed by atoms with E-state index in [1.807, 2.05) is 13.8 Å². The van der Waals surface area contributed by atoms with Crippen LogP contribution in [-0.2, 0) is 0 Å². The monoisotopic (exact) mass is 398 g/mol. The minimum absolute atomic E-state index is 0.204. The van der Waals surface area contributed by atoms with Gasteiger partial charge in [-0.3, -0.25) is 20.2 Å². The van der Waals surface area contributed by atoms with Crippen molar-refractivity contribution in [2.45, 2.75) is 27.7 Å². The highest BCUT2D eigenvalue weighted by Crippen LogP contribution is 2.20. The van der Waals surface area contributed by atoms with Gasteiger partial charge in [0.05, 0.1) is 5.69 Å². The third-order valence-electron chi connectivity index (χ3n) is 3.94. The molecule has 2 heterocycles. The molecular formula is C20H23FN6O2. The number of halogens is 1. The fraction of sp³-hybridized carbons (Fsp3) is 0.300. The summed E-state index contributed by atoms with van der Waals surface area (Å²) in [6, 6.07) is 7.80. The van der Waals surface area contributed by atoms with Crippen molar-refractivity contribution in [3.8, 4) is 11.3 Å². The number of anilines is 1. The molecule has 1 amide bonds. The lowest BCUT2D eigenvalue weighted by molar-refractivity contribution is 0.0971. The van der Waals surface area contributed by atoms with E-state index in [4.69, 9.17) is 4.42 Å². The van der Waals surface area contributed by atoms with Crippen LogP contribution in [0.15, 0.2) is 39.7 Å². The minimum atomic E-state index is -0.427. The van der Waals surface area contributed by atoms with E-state index < -0.39 is 5.91 Å². The van der Waals surface area contributed by atoms with Gasteiger partial charge in [0.1, 0.15) is 11.6 Å². The molecule has 0 radical (unpaired) electrons. The second kappa shape index (κ2) is 8.68. The van der Waals surface area contributed by atoms with Gasteiger partial charge in [0, 0.05) is 19.5 Å². The van der Waals surface area contributed by atoms with Crippen molar-refractivity contribution in [2.24, 2.45) is 10.9 Å². The second-order valence-electron chi connectivity index (χ2n) is 6.97. The first kappa shape index (κ1) is 20.2. The largest absolute Gasteiger partial charge is 0.445 e. The normalized spacial score (nSPS) is 11.7. The summed E-state index contributed by atoms with van der Waals surface area (Å²) >= 11 is 0. The Morgan fingerprint density at radius 1 is 1.28 bits per heavy atom. The van der Waals surface area contributed by atoms with Gasteiger partial charge in [0.2, 0.25) is 5.96 Å². The molecule has 0 fully saturated rings. The molecular weight excluding hydrogens is 375 g/mol. The number of carbonyl (C=O) groups is 1. The summed E-state index contributed by atoms with van der Waals surface area (Å²) in [6.07, 6.45) is 0. The SMILES string of the molecule is Cc1nc(C(=O)NC(=NCC(C)C)Nc2cc(-c3ccc(F)cc3)[nH]n2)c(C)o1. The second-order valence-corrected chi connectivity index (χ2v) is 6.97. The number of amides is 1. The average molecular weight is 398 g/mol. The third kappa shape index (κ3) is 5.28. The van der Waals surface area contributed by atoms with Gasteiger partial charge in [-0.05, 0) is 42.7 Å². The number of aryl methyl sites for hydroxylation is 2. The third-order valence-corrected chi connectivity index (χ3v) is 3.94. The van der Waals surface area contributed by atoms with Crippen LogP contribution >= 0.6 is 0 Å². The summed E-state index contributed by atoms with van der Waals surface area (Å²) in [4.78, 5) is 21.1. The van der Waals surface area contributed by atoms with E-state index in [0.717, 1.165) is 5.56 Å². The lowest BCUT2D eigenvalue weighted by atomic mass is 10.1. The summed E-state index contributed by atoms with van der Waals surface area (Å²) in [5.41, 5.74) is 1.69. The van der Waals surface area contributed by atoms with Crippen LogP contribution in [0.3, 0.4) is 0 Å². The lowest BCUT2D eigenvalue weighted by Gasteiger charge is -2.10. The Bertz CT molecular complexity index is 1020. The van der Waals surface area contributed by atoms with E-state index in [1.54, 1.807) is 32.0 Å². The van der Waals surface area contributed by atoms with Crippen LogP contribution in [0.5, 0.6) is 0 Å². The Hall–Kier alpha value is -3.49. The van der Waals surface area contributed by atoms with Crippen LogP contribution in [0.2, 0.25) is 0 Å². The van der Waals surface area contributed by atoms with Gasteiger partial charge >= 0.3 is 0 Å². The van der Waals surface area contributed by atoms with Crippen LogP contribution < -0.4 is 10.6 Å². The van der Waals surface area contributed by atoms with Gasteiger partial charge in [0.15, 0.2) is 17.4 Å². The highest BCUT2D eigenvalue weighted by molar-refractivity contribution is 6.09. The van der Waals surface area contributed by atoms with E-state index in [-0.39, 0.29) is 17.5 Å². The zero-order valence-corrected chi connectivity index (χ0v) is 16.7. The first-order valence-corrected chi connectivity index (χ1v) is 9.20. The quantitative estimate of drug-likeness (QED) is 0.449. The van der Waals surface area contributed by atoms with E-state index in [0.29, 0.717) is 35.6 Å². The molecule has 0 unspecified atom stereocenters. The number of hydrogen-bond acceptors (Lipinski definition) is 5. The Balaban J connectivity index is 1.77. The fourth-order valence-electron chi connectivity index (χ4n) is 2.57. The zero-order valence-electron chi connectivity index (χ0n) is 16.7. The minimum Gasteiger partial charge on any atom is -0.445 e. The van der Waals surface area contributed by atoms with Crippen molar-refractivity contribution in [3.63, 3.8) is 0 Å². The number of nitrogens with one attached hydrogen (secondary N) is 3. The van der Waals surface area contributed by atoms with Crippen molar-refractivity contribution in [3.05, 3.63) is 53.5 Å². The van der Waals surface area contributed by atoms with Crippen molar-refractivity contribution in [1.29, 1.82) is 0 Å². The maximum Gasteiger partial charge on any atom is 0.280 e. The fourth-order valence-corrected chi connectivity index (χ4v) is 2.57. The molecule has 8 nitrogen and oxygen atoms in total. The molecule has 152 valence electrons. The Morgan fingerprint density at radius 2 is 2.00 bits per heavy atom. The van der Waals surface area contributed by atoms with Gasteiger partial charge < -0.3 is 9.73 Å². The first-order valence-electron chi connectivity index (χ1n) is 9.20. The maximum atomic E-state index is 13.1. The number of aromatic nitrogens is 3. The molecule has 29 heavy (non-hydrogen) atoms. The predicted octanol–water partition coefficient (Wildman–Crippen LogP) is 3.67. The Labute approximate surface area is 167 Å². The van der Waals surface area contributed by atoms with Crippen LogP contribution in [0, 0.1) is 25.6 Å². The number of benzene rings is 1. The maximum absolute atomic E-state index is 13.1. The van der Waals surface area contributed by atoms with Gasteiger partial charge in [-0.2, -0.15) is 5.10 Å². The molecule has 3 aromatic rings. The number of aromatic amines is 1. The summed E-state index contributed by atoms with van der Waals surface area (Å²) in [5.74, 6) is 1.12. The zero-order chi connectivity index (χ0) is 21.0. The molecule has 2 aromatic heterocycles. The molecule has 3 rings (SSSR count). The molecule has 0 atom stereocenters. The van der Waals surface area contributed by atoms with E-state index >= 15 is 0 Å². The molecule has 0 bridgehead atoms. The number of guanidine groups is 1. The molecule has 0 spiro atoms. The number of nitrogens with zero attached hydrogens (tertiary/aromatic N) is 3. The van der Waals surface area contributed by atoms with Gasteiger partial charge in [-0.15, -0.1) is 0 Å². The summed E-state index contributed by atoms with van der Waals surface area (Å²) in [7, 11) is 0. The number of carbonyl (C=O) groups excluding carboxylic acids is 1. The number of aliphatic imine (C=N–C) groups is 1. The van der Waals surface area contributed by atoms with Gasteiger partial charge in [-0.25, -0.2) is 9.37 Å². The molecule has 0 saturated heterocycles. The van der Waals surface area contributed by atoms with Crippen molar-refractivity contribution < 1.29 is 13.6 Å². The smallest absolute Gasteiger partial charge is 0.280 e. The van der Waals surface area contributed by atoms with Crippen LogP contribution in [0.1, 0.15) is 36.0 Å². The summed E-state index contributed by atoms with van der Waals surface area (Å²) in [5, 5.41) is 12.8. The number of hydrogen-bond donors (Lipinski definition) is 3. The van der Waals surface area contributed by atoms with Crippen LogP contribution in [0.4, 0.5) is 10.2 Å². The molecule has 9 heteroatoms. The number of oxazole rings is 1. The van der Waals surface area contributed by atoms with E-state index in [1.165, 1.54) is 12.1 Å². The molecule has 0 saturated carbocycles. The predicted molar refractivity (Wildman–Crippen MR) is 108 cm³/mol. The van der Waals surface area contributed by atoms with Gasteiger partial charge in [0.25, 0.3) is 5.91 Å². The van der Waals surface area contributed by atoms with Crippen LogP contribution in [-0.4, -0.2) is 33.6 Å². The summed E-state index contributed by atoms with van der Waals surface area (Å²) in [6.45, 7) is 7.91. The highest BCUT2D eigenvalue weighted by Gasteiger charge is 2.18. The van der Waals surface area contributed by atoms with Crippen molar-refractivity contribution in [1.82, 2.24) is 20.5 Å². The van der Waals surface area contributed by atoms with E-state index in [2.05, 4.69) is 30.8 Å². The Morgan fingerprint density at radius 3 is 2.62 bits per heavy atom.